The van der Waals surface area contributed by atoms with Crippen molar-refractivity contribution in [2.75, 3.05) is 4.90 Å². The molecular formula is C44H31N. The van der Waals surface area contributed by atoms with E-state index in [-0.39, 0.29) is 11.1 Å². The zero-order valence-corrected chi connectivity index (χ0v) is 23.3. The maximum Gasteiger partial charge on any atom is 0.0645 e. The van der Waals surface area contributed by atoms with Gasteiger partial charge in [0.25, 0.3) is 0 Å². The normalized spacial score (nSPS) is 17.3. The Morgan fingerprint density at radius 1 is 0.378 bits per heavy atom. The predicted octanol–water partition coefficient (Wildman–Crippen LogP) is 12.5. The van der Waals surface area contributed by atoms with E-state index >= 15 is 0 Å². The van der Waals surface area contributed by atoms with Gasteiger partial charge in [0.05, 0.1) is 33.1 Å². The van der Waals surface area contributed by atoms with E-state index in [4.69, 9.17) is 15.1 Å². The Hall–Kier alpha value is -5.92. The van der Waals surface area contributed by atoms with Crippen LogP contribution in [0.15, 0.2) is 188 Å². The first-order chi connectivity index (χ1) is 30.6. The highest BCUT2D eigenvalue weighted by atomic mass is 15.1. The van der Waals surface area contributed by atoms with Crippen LogP contribution in [0.5, 0.6) is 0 Å². The van der Waals surface area contributed by atoms with Crippen LogP contribution in [0.4, 0.5) is 17.1 Å². The predicted molar refractivity (Wildman–Crippen MR) is 192 cm³/mol. The summed E-state index contributed by atoms with van der Waals surface area (Å²) in [6.45, 7) is 0. The molecule has 0 fully saturated rings. The van der Waals surface area contributed by atoms with E-state index in [1.54, 1.807) is 18.2 Å². The smallest absolute Gasteiger partial charge is 0.0645 e. The molecule has 0 spiro atoms. The Balaban J connectivity index is 1.50. The van der Waals surface area contributed by atoms with Crippen molar-refractivity contribution in [2.45, 2.75) is 0 Å². The summed E-state index contributed by atoms with van der Waals surface area (Å²) < 4.78 is 178. The third-order valence-corrected chi connectivity index (χ3v) is 7.19. The van der Waals surface area contributed by atoms with E-state index in [2.05, 4.69) is 0 Å². The van der Waals surface area contributed by atoms with Gasteiger partial charge in [-0.05, 0) is 85.8 Å². The maximum absolute atomic E-state index is 9.52. The number of anilines is 3. The van der Waals surface area contributed by atoms with Gasteiger partial charge in [0, 0.05) is 16.8 Å². The van der Waals surface area contributed by atoms with Crippen LogP contribution in [0, 0.1) is 0 Å². The summed E-state index contributed by atoms with van der Waals surface area (Å²) in [5.41, 5.74) is -2.49. The SMILES string of the molecule is [2H]c1c([2H])c([2H])c(-c2c([2H])c([2H])c(N(c3c([2H])c([2H])c(-c4cccc(-c5cccc6ccccc56)c4)c([2H])c3[2H])c3c([2H])c([2H])c([2H])c4c([2H])c([2H])c([2H])c([2H])c34)c([2H])c2[2H])c([2H])c1[2H]. The lowest BCUT2D eigenvalue weighted by Gasteiger charge is -2.27. The molecule has 0 aliphatic rings. The molecule has 1 heteroatoms. The number of rotatable bonds is 6. The Kier molecular flexibility index (Phi) is 3.36. The van der Waals surface area contributed by atoms with Crippen molar-refractivity contribution in [3.05, 3.63) is 188 Å². The van der Waals surface area contributed by atoms with Gasteiger partial charge in [-0.1, -0.05) is 151 Å². The third kappa shape index (κ3) is 5.15. The number of benzene rings is 8. The fraction of sp³-hybridized carbons (Fsp3) is 0. The van der Waals surface area contributed by atoms with Crippen LogP contribution in [-0.2, 0) is 0 Å². The molecule has 0 saturated heterocycles. The minimum absolute atomic E-state index is 0.206. The lowest BCUT2D eigenvalue weighted by atomic mass is 9.95. The highest BCUT2D eigenvalue weighted by molar-refractivity contribution is 5.99. The van der Waals surface area contributed by atoms with E-state index in [1.807, 2.05) is 48.5 Å². The molecule has 8 rings (SSSR count). The molecule has 0 aliphatic heterocycles. The van der Waals surface area contributed by atoms with Crippen LogP contribution < -0.4 is 4.90 Å². The number of hydrogen-bond donors (Lipinski definition) is 0. The highest BCUT2D eigenvalue weighted by Gasteiger charge is 2.16. The van der Waals surface area contributed by atoms with Crippen molar-refractivity contribution in [2.24, 2.45) is 0 Å². The van der Waals surface area contributed by atoms with E-state index in [1.165, 1.54) is 0 Å². The molecule has 8 aromatic rings. The van der Waals surface area contributed by atoms with Crippen molar-refractivity contribution in [3.63, 3.8) is 0 Å². The van der Waals surface area contributed by atoms with Crippen LogP contribution in [-0.4, -0.2) is 0 Å². The fourth-order valence-corrected chi connectivity index (χ4v) is 5.10. The zero-order valence-electron chi connectivity index (χ0n) is 43.3. The molecule has 0 radical (unpaired) electrons. The minimum Gasteiger partial charge on any atom is -0.310 e. The molecule has 0 N–H and O–H groups in total. The Morgan fingerprint density at radius 2 is 0.978 bits per heavy atom. The summed E-state index contributed by atoms with van der Waals surface area (Å²) in [7, 11) is 0. The molecule has 0 bridgehead atoms. The molecule has 0 aromatic heterocycles. The Morgan fingerprint density at radius 3 is 1.78 bits per heavy atom. The third-order valence-electron chi connectivity index (χ3n) is 7.19. The van der Waals surface area contributed by atoms with Gasteiger partial charge in [-0.3, -0.25) is 0 Å². The first-order valence-corrected chi connectivity index (χ1v) is 13.8. The number of hydrogen-bond acceptors (Lipinski definition) is 1. The van der Waals surface area contributed by atoms with Crippen molar-refractivity contribution >= 4 is 38.6 Å². The number of fused-ring (bicyclic) bond motifs is 2. The van der Waals surface area contributed by atoms with Crippen LogP contribution in [0.25, 0.3) is 54.9 Å². The summed E-state index contributed by atoms with van der Waals surface area (Å²) in [6.07, 6.45) is 0. The monoisotopic (exact) mass is 593 g/mol. The van der Waals surface area contributed by atoms with Gasteiger partial charge in [-0.15, -0.1) is 0 Å². The lowest BCUT2D eigenvalue weighted by molar-refractivity contribution is 1.30. The van der Waals surface area contributed by atoms with Gasteiger partial charge < -0.3 is 4.90 Å². The molecule has 212 valence electrons. The molecule has 0 unspecified atom stereocenters. The van der Waals surface area contributed by atoms with Crippen molar-refractivity contribution in [1.29, 1.82) is 0 Å². The largest absolute Gasteiger partial charge is 0.310 e. The molecular weight excluding hydrogens is 542 g/mol. The quantitative estimate of drug-likeness (QED) is 0.185. The zero-order chi connectivity index (χ0) is 47.4. The van der Waals surface area contributed by atoms with Gasteiger partial charge >= 0.3 is 0 Å². The van der Waals surface area contributed by atoms with Gasteiger partial charge in [0.15, 0.2) is 0 Å². The molecule has 0 saturated carbocycles. The van der Waals surface area contributed by atoms with Crippen molar-refractivity contribution < 1.29 is 27.4 Å². The van der Waals surface area contributed by atoms with Gasteiger partial charge in [-0.2, -0.15) is 0 Å². The van der Waals surface area contributed by atoms with Crippen LogP contribution in [0.3, 0.4) is 0 Å². The first kappa shape index (κ1) is 13.0. The van der Waals surface area contributed by atoms with E-state index in [0.29, 0.717) is 10.5 Å². The topological polar surface area (TPSA) is 3.24 Å². The van der Waals surface area contributed by atoms with E-state index < -0.39 is 160 Å². The summed E-state index contributed by atoms with van der Waals surface area (Å²) in [4.78, 5) is 0.590. The van der Waals surface area contributed by atoms with Crippen LogP contribution in [0.2, 0.25) is 0 Å². The second kappa shape index (κ2) is 11.6. The molecule has 0 aliphatic carbocycles. The maximum atomic E-state index is 9.52. The summed E-state index contributed by atoms with van der Waals surface area (Å²) in [5.74, 6) is 0. The second-order valence-corrected chi connectivity index (χ2v) is 9.86. The van der Waals surface area contributed by atoms with Gasteiger partial charge in [-0.25, -0.2) is 0 Å². The molecule has 0 heterocycles. The molecule has 1 nitrogen and oxygen atoms in total. The van der Waals surface area contributed by atoms with Gasteiger partial charge in [0.1, 0.15) is 0 Å². The number of nitrogens with zero attached hydrogens (tertiary/aromatic N) is 1. The average molecular weight is 594 g/mol. The highest BCUT2D eigenvalue weighted by Crippen LogP contribution is 2.40. The summed E-state index contributed by atoms with van der Waals surface area (Å²) in [6, 6.07) is 2.44. The minimum atomic E-state index is -1.06. The lowest BCUT2D eigenvalue weighted by Crippen LogP contribution is -2.10. The molecule has 0 amide bonds. The first-order valence-electron chi connectivity index (χ1n) is 23.8. The molecule has 8 aromatic carbocycles. The Labute approximate surface area is 292 Å². The summed E-state index contributed by atoms with van der Waals surface area (Å²) in [5, 5.41) is 0.580. The van der Waals surface area contributed by atoms with Crippen molar-refractivity contribution in [1.82, 2.24) is 0 Å². The Bertz CT molecular complexity index is 3300. The molecule has 45 heavy (non-hydrogen) atoms. The molecule has 0 atom stereocenters. The van der Waals surface area contributed by atoms with Gasteiger partial charge in [0.2, 0.25) is 0 Å². The van der Waals surface area contributed by atoms with E-state index in [0.717, 1.165) is 16.3 Å². The fourth-order valence-electron chi connectivity index (χ4n) is 5.10. The van der Waals surface area contributed by atoms with E-state index in [9.17, 15) is 12.3 Å². The average Bonchev–Trinajstić information content (AvgIpc) is 3.30. The second-order valence-electron chi connectivity index (χ2n) is 9.86. The van der Waals surface area contributed by atoms with Crippen LogP contribution in [0.1, 0.15) is 27.4 Å². The summed E-state index contributed by atoms with van der Waals surface area (Å²) >= 11 is 0. The standard InChI is InChI=1S/C44H31N/c1-2-11-32(12-3-1)33-23-27-39(28-24-33)45(44-22-10-16-36-14-5-7-20-43(36)44)40-29-25-34(26-30-40)37-17-8-18-38(31-37)42-21-9-15-35-13-4-6-19-41(35)42/h1-31H/i1D,2D,3D,5D,7D,10D,11D,12D,14D,16D,20D,22D,23D,24D,25D,26D,27D,28D,29D,30D. The van der Waals surface area contributed by atoms with Crippen molar-refractivity contribution in [3.8, 4) is 33.4 Å². The van der Waals surface area contributed by atoms with Crippen LogP contribution >= 0.6 is 0 Å².